The van der Waals surface area contributed by atoms with Gasteiger partial charge in [-0.05, 0) is 31.1 Å². The molecule has 0 atom stereocenters. The van der Waals surface area contributed by atoms with Crippen molar-refractivity contribution in [1.82, 2.24) is 10.7 Å². The normalized spacial score (nSPS) is 19.6. The van der Waals surface area contributed by atoms with Gasteiger partial charge in [-0.1, -0.05) is 13.8 Å². The quantitative estimate of drug-likeness (QED) is 0.272. The number of nitrogens with zero attached hydrogens (tertiary/aromatic N) is 1. The molecule has 0 heterocycles. The SMILES string of the molecule is CCNC(=NCC1(C(C)C)CC1)NN. The second kappa shape index (κ2) is 4.64. The topological polar surface area (TPSA) is 62.4 Å². The van der Waals surface area contributed by atoms with Crippen molar-refractivity contribution in [1.29, 1.82) is 0 Å². The van der Waals surface area contributed by atoms with E-state index in [1.807, 2.05) is 6.92 Å². The standard InChI is InChI=1S/C10H22N4/c1-4-12-9(14-11)13-7-10(5-6-10)8(2)3/h8H,4-7,11H2,1-3H3,(H2,12,13,14). The van der Waals surface area contributed by atoms with Crippen LogP contribution in [0.3, 0.4) is 0 Å². The van der Waals surface area contributed by atoms with Crippen molar-refractivity contribution in [2.45, 2.75) is 33.6 Å². The Bertz CT molecular complexity index is 206. The summed E-state index contributed by atoms with van der Waals surface area (Å²) in [5, 5.41) is 3.09. The van der Waals surface area contributed by atoms with Crippen molar-refractivity contribution < 1.29 is 0 Å². The van der Waals surface area contributed by atoms with E-state index in [9.17, 15) is 0 Å². The van der Waals surface area contributed by atoms with Crippen LogP contribution in [0.4, 0.5) is 0 Å². The molecule has 4 N–H and O–H groups in total. The highest BCUT2D eigenvalue weighted by Gasteiger charge is 2.45. The van der Waals surface area contributed by atoms with Gasteiger partial charge in [0.2, 0.25) is 5.96 Å². The van der Waals surface area contributed by atoms with E-state index in [0.717, 1.165) is 13.1 Å². The van der Waals surface area contributed by atoms with Crippen molar-refractivity contribution in [2.24, 2.45) is 22.2 Å². The fourth-order valence-corrected chi connectivity index (χ4v) is 1.64. The third-order valence-corrected chi connectivity index (χ3v) is 3.15. The second-order valence-corrected chi connectivity index (χ2v) is 4.36. The Labute approximate surface area is 86.3 Å². The molecule has 4 nitrogen and oxygen atoms in total. The van der Waals surface area contributed by atoms with Gasteiger partial charge in [-0.3, -0.25) is 10.4 Å². The first kappa shape index (κ1) is 11.3. The maximum Gasteiger partial charge on any atom is 0.205 e. The minimum atomic E-state index is 0.456. The smallest absolute Gasteiger partial charge is 0.205 e. The Morgan fingerprint density at radius 2 is 2.14 bits per heavy atom. The lowest BCUT2D eigenvalue weighted by atomic mass is 9.93. The highest BCUT2D eigenvalue weighted by Crippen LogP contribution is 2.51. The number of hydrazine groups is 1. The summed E-state index contributed by atoms with van der Waals surface area (Å²) in [7, 11) is 0. The molecule has 0 aromatic carbocycles. The Morgan fingerprint density at radius 1 is 1.50 bits per heavy atom. The van der Waals surface area contributed by atoms with E-state index in [1.54, 1.807) is 0 Å². The Balaban J connectivity index is 2.44. The lowest BCUT2D eigenvalue weighted by Crippen LogP contribution is -2.42. The average Bonchev–Trinajstić information content (AvgIpc) is 2.93. The summed E-state index contributed by atoms with van der Waals surface area (Å²) in [6.45, 7) is 8.30. The van der Waals surface area contributed by atoms with Gasteiger partial charge in [0.05, 0.1) is 0 Å². The molecule has 1 aliphatic rings. The molecule has 1 saturated carbocycles. The van der Waals surface area contributed by atoms with E-state index in [2.05, 4.69) is 29.6 Å². The zero-order valence-electron chi connectivity index (χ0n) is 9.43. The average molecular weight is 198 g/mol. The van der Waals surface area contributed by atoms with Crippen LogP contribution in [-0.2, 0) is 0 Å². The number of hydrogen-bond acceptors (Lipinski definition) is 2. The van der Waals surface area contributed by atoms with Crippen molar-refractivity contribution in [3.05, 3.63) is 0 Å². The minimum Gasteiger partial charge on any atom is -0.356 e. The lowest BCUT2D eigenvalue weighted by Gasteiger charge is -2.17. The molecule has 4 heteroatoms. The van der Waals surface area contributed by atoms with Gasteiger partial charge < -0.3 is 5.32 Å². The highest BCUT2D eigenvalue weighted by atomic mass is 15.3. The van der Waals surface area contributed by atoms with Crippen molar-refractivity contribution in [2.75, 3.05) is 13.1 Å². The van der Waals surface area contributed by atoms with Crippen LogP contribution in [0.2, 0.25) is 0 Å². The van der Waals surface area contributed by atoms with Gasteiger partial charge in [-0.2, -0.15) is 0 Å². The van der Waals surface area contributed by atoms with E-state index >= 15 is 0 Å². The monoisotopic (exact) mass is 198 g/mol. The van der Waals surface area contributed by atoms with E-state index < -0.39 is 0 Å². The van der Waals surface area contributed by atoms with Gasteiger partial charge in [0.1, 0.15) is 0 Å². The number of nitrogens with one attached hydrogen (secondary N) is 2. The van der Waals surface area contributed by atoms with E-state index in [4.69, 9.17) is 5.84 Å². The summed E-state index contributed by atoms with van der Waals surface area (Å²) >= 11 is 0. The summed E-state index contributed by atoms with van der Waals surface area (Å²) in [6, 6.07) is 0. The van der Waals surface area contributed by atoms with Crippen LogP contribution in [0.15, 0.2) is 4.99 Å². The molecule has 0 spiro atoms. The van der Waals surface area contributed by atoms with E-state index in [1.165, 1.54) is 12.8 Å². The first-order valence-corrected chi connectivity index (χ1v) is 5.39. The van der Waals surface area contributed by atoms with Gasteiger partial charge in [-0.15, -0.1) is 0 Å². The molecule has 0 saturated heterocycles. The molecule has 1 fully saturated rings. The number of hydrogen-bond donors (Lipinski definition) is 3. The molecule has 82 valence electrons. The zero-order valence-corrected chi connectivity index (χ0v) is 9.43. The third kappa shape index (κ3) is 2.61. The first-order chi connectivity index (χ1) is 6.64. The van der Waals surface area contributed by atoms with Gasteiger partial charge in [0, 0.05) is 13.1 Å². The molecule has 0 unspecified atom stereocenters. The Kier molecular flexibility index (Phi) is 3.75. The van der Waals surface area contributed by atoms with E-state index in [0.29, 0.717) is 17.3 Å². The van der Waals surface area contributed by atoms with Crippen molar-refractivity contribution in [3.63, 3.8) is 0 Å². The van der Waals surface area contributed by atoms with Gasteiger partial charge >= 0.3 is 0 Å². The van der Waals surface area contributed by atoms with Crippen LogP contribution in [0, 0.1) is 11.3 Å². The maximum absolute atomic E-state index is 5.34. The van der Waals surface area contributed by atoms with Crippen molar-refractivity contribution >= 4 is 5.96 Å². The number of guanidine groups is 1. The Morgan fingerprint density at radius 3 is 2.50 bits per heavy atom. The number of nitrogens with two attached hydrogens (primary N) is 1. The molecule has 0 aliphatic heterocycles. The molecule has 14 heavy (non-hydrogen) atoms. The second-order valence-electron chi connectivity index (χ2n) is 4.36. The minimum absolute atomic E-state index is 0.456. The predicted molar refractivity (Wildman–Crippen MR) is 59.8 cm³/mol. The molecule has 0 bridgehead atoms. The van der Waals surface area contributed by atoms with Crippen LogP contribution in [0.1, 0.15) is 33.6 Å². The molecule has 0 aromatic heterocycles. The summed E-state index contributed by atoms with van der Waals surface area (Å²) in [5.41, 5.74) is 3.04. The highest BCUT2D eigenvalue weighted by molar-refractivity contribution is 5.79. The van der Waals surface area contributed by atoms with E-state index in [-0.39, 0.29) is 0 Å². The summed E-state index contributed by atoms with van der Waals surface area (Å²) in [5.74, 6) is 6.76. The summed E-state index contributed by atoms with van der Waals surface area (Å²) in [6.07, 6.45) is 2.61. The molecule has 1 rings (SSSR count). The van der Waals surface area contributed by atoms with Crippen LogP contribution in [0.25, 0.3) is 0 Å². The first-order valence-electron chi connectivity index (χ1n) is 5.39. The third-order valence-electron chi connectivity index (χ3n) is 3.15. The predicted octanol–water partition coefficient (Wildman–Crippen LogP) is 0.851. The largest absolute Gasteiger partial charge is 0.356 e. The van der Waals surface area contributed by atoms with Crippen LogP contribution >= 0.6 is 0 Å². The fraction of sp³-hybridized carbons (Fsp3) is 0.900. The van der Waals surface area contributed by atoms with Gasteiger partial charge in [0.15, 0.2) is 0 Å². The Hall–Kier alpha value is -0.770. The van der Waals surface area contributed by atoms with Crippen LogP contribution in [-0.4, -0.2) is 19.0 Å². The lowest BCUT2D eigenvalue weighted by molar-refractivity contribution is 0.370. The molecular weight excluding hydrogens is 176 g/mol. The van der Waals surface area contributed by atoms with Crippen LogP contribution in [0.5, 0.6) is 0 Å². The summed E-state index contributed by atoms with van der Waals surface area (Å²) < 4.78 is 0. The number of rotatable bonds is 4. The van der Waals surface area contributed by atoms with Gasteiger partial charge in [0.25, 0.3) is 0 Å². The number of aliphatic imine (C=N–C) groups is 1. The van der Waals surface area contributed by atoms with Gasteiger partial charge in [-0.25, -0.2) is 5.84 Å². The zero-order chi connectivity index (χ0) is 10.6. The fourth-order valence-electron chi connectivity index (χ4n) is 1.64. The summed E-state index contributed by atoms with van der Waals surface area (Å²) in [4.78, 5) is 4.46. The van der Waals surface area contributed by atoms with Crippen LogP contribution < -0.4 is 16.6 Å². The maximum atomic E-state index is 5.34. The molecule has 0 amide bonds. The molecule has 1 aliphatic carbocycles. The molecule has 0 radical (unpaired) electrons. The van der Waals surface area contributed by atoms with Crippen molar-refractivity contribution in [3.8, 4) is 0 Å². The molecule has 0 aromatic rings. The molecular formula is C10H22N4.